The molecule has 22 heavy (non-hydrogen) atoms. The summed E-state index contributed by atoms with van der Waals surface area (Å²) in [6.07, 6.45) is -0.274. The summed E-state index contributed by atoms with van der Waals surface area (Å²) in [7, 11) is 0. The first kappa shape index (κ1) is 17.4. The van der Waals surface area contributed by atoms with Crippen molar-refractivity contribution in [2.75, 3.05) is 13.2 Å². The number of carbonyl (C=O) groups is 2. The van der Waals surface area contributed by atoms with Crippen molar-refractivity contribution >= 4 is 17.6 Å². The molecule has 0 aliphatic rings. The summed E-state index contributed by atoms with van der Waals surface area (Å²) in [5, 5.41) is 10.5. The summed E-state index contributed by atoms with van der Waals surface area (Å²) in [5.74, 6) is -0.486. The maximum atomic E-state index is 11.0. The zero-order chi connectivity index (χ0) is 16.5. The molecule has 0 fully saturated rings. The van der Waals surface area contributed by atoms with Gasteiger partial charge in [-0.1, -0.05) is 0 Å². The van der Waals surface area contributed by atoms with Crippen molar-refractivity contribution in [1.82, 2.24) is 0 Å². The highest BCUT2D eigenvalue weighted by Crippen LogP contribution is 2.17. The number of nitro groups is 1. The molecule has 8 nitrogen and oxygen atoms in total. The van der Waals surface area contributed by atoms with E-state index in [0.29, 0.717) is 12.2 Å². The zero-order valence-corrected chi connectivity index (χ0v) is 12.3. The van der Waals surface area contributed by atoms with Gasteiger partial charge in [-0.05, 0) is 12.1 Å². The van der Waals surface area contributed by atoms with Crippen LogP contribution in [0.15, 0.2) is 24.3 Å². The summed E-state index contributed by atoms with van der Waals surface area (Å²) >= 11 is 0. The lowest BCUT2D eigenvalue weighted by Gasteiger charge is -2.16. The number of hydrogen-bond acceptors (Lipinski definition) is 7. The molecule has 0 bridgehead atoms. The summed E-state index contributed by atoms with van der Waals surface area (Å²) < 4.78 is 15.2. The van der Waals surface area contributed by atoms with Crippen LogP contribution in [0.5, 0.6) is 5.75 Å². The van der Waals surface area contributed by atoms with Gasteiger partial charge in [0.15, 0.2) is 0 Å². The highest BCUT2D eigenvalue weighted by Gasteiger charge is 2.14. The third-order valence-electron chi connectivity index (χ3n) is 2.56. The van der Waals surface area contributed by atoms with E-state index >= 15 is 0 Å². The fraction of sp³-hybridized carbons (Fsp3) is 0.429. The van der Waals surface area contributed by atoms with Crippen LogP contribution >= 0.6 is 0 Å². The van der Waals surface area contributed by atoms with E-state index in [1.165, 1.54) is 38.1 Å². The molecular formula is C14H17NO7. The molecule has 0 radical (unpaired) electrons. The van der Waals surface area contributed by atoms with Crippen LogP contribution in [0.4, 0.5) is 5.69 Å². The second-order valence-electron chi connectivity index (χ2n) is 4.42. The second kappa shape index (κ2) is 8.60. The molecular weight excluding hydrogens is 294 g/mol. The van der Waals surface area contributed by atoms with Crippen LogP contribution in [-0.2, 0) is 19.1 Å². The van der Waals surface area contributed by atoms with Gasteiger partial charge < -0.3 is 14.2 Å². The average molecular weight is 311 g/mol. The van der Waals surface area contributed by atoms with Crippen LogP contribution in [0, 0.1) is 10.1 Å². The Morgan fingerprint density at radius 1 is 1.18 bits per heavy atom. The predicted octanol–water partition coefficient (Wildman–Crippen LogP) is 1.86. The van der Waals surface area contributed by atoms with E-state index in [1.807, 2.05) is 0 Å². The molecule has 1 unspecified atom stereocenters. The van der Waals surface area contributed by atoms with Crippen molar-refractivity contribution < 1.29 is 28.7 Å². The SMILES string of the molecule is CC(=O)OCC(CCOc1ccc([N+](=O)[O-])cc1)OC(C)=O. The van der Waals surface area contributed by atoms with Crippen molar-refractivity contribution in [2.24, 2.45) is 0 Å². The third-order valence-corrected chi connectivity index (χ3v) is 2.56. The Hall–Kier alpha value is -2.64. The number of carbonyl (C=O) groups excluding carboxylic acids is 2. The smallest absolute Gasteiger partial charge is 0.303 e. The summed E-state index contributed by atoms with van der Waals surface area (Å²) in [6.45, 7) is 2.69. The Bertz CT molecular complexity index is 526. The largest absolute Gasteiger partial charge is 0.493 e. The van der Waals surface area contributed by atoms with Gasteiger partial charge in [0.25, 0.3) is 5.69 Å². The standard InChI is InChI=1S/C14H17NO7/c1-10(16)21-9-14(22-11(2)17)7-8-20-13-5-3-12(4-6-13)15(18)19/h3-6,14H,7-9H2,1-2H3. The van der Waals surface area contributed by atoms with Crippen molar-refractivity contribution in [1.29, 1.82) is 0 Å². The number of hydrogen-bond donors (Lipinski definition) is 0. The first-order valence-electron chi connectivity index (χ1n) is 6.56. The van der Waals surface area contributed by atoms with Crippen molar-refractivity contribution in [3.63, 3.8) is 0 Å². The zero-order valence-electron chi connectivity index (χ0n) is 12.3. The van der Waals surface area contributed by atoms with Crippen LogP contribution < -0.4 is 4.74 Å². The van der Waals surface area contributed by atoms with Crippen LogP contribution in [0.3, 0.4) is 0 Å². The minimum atomic E-state index is -0.598. The van der Waals surface area contributed by atoms with Crippen LogP contribution in [-0.4, -0.2) is 36.2 Å². The van der Waals surface area contributed by atoms with Gasteiger partial charge in [-0.3, -0.25) is 19.7 Å². The molecule has 0 aliphatic heterocycles. The van der Waals surface area contributed by atoms with E-state index in [4.69, 9.17) is 14.2 Å². The molecule has 0 saturated carbocycles. The highest BCUT2D eigenvalue weighted by molar-refractivity contribution is 5.67. The third kappa shape index (κ3) is 6.69. The van der Waals surface area contributed by atoms with Crippen LogP contribution in [0.25, 0.3) is 0 Å². The quantitative estimate of drug-likeness (QED) is 0.410. The molecule has 0 spiro atoms. The maximum absolute atomic E-state index is 11.0. The van der Waals surface area contributed by atoms with Crippen LogP contribution in [0.1, 0.15) is 20.3 Å². The van der Waals surface area contributed by atoms with Gasteiger partial charge >= 0.3 is 11.9 Å². The number of esters is 2. The second-order valence-corrected chi connectivity index (χ2v) is 4.42. The topological polar surface area (TPSA) is 105 Å². The molecule has 8 heteroatoms. The van der Waals surface area contributed by atoms with Crippen molar-refractivity contribution in [2.45, 2.75) is 26.4 Å². The van der Waals surface area contributed by atoms with Gasteiger partial charge in [0.05, 0.1) is 11.5 Å². The van der Waals surface area contributed by atoms with Gasteiger partial charge in [0.2, 0.25) is 0 Å². The van der Waals surface area contributed by atoms with E-state index in [-0.39, 0.29) is 18.9 Å². The number of ether oxygens (including phenoxy) is 3. The van der Waals surface area contributed by atoms with Crippen LogP contribution in [0.2, 0.25) is 0 Å². The molecule has 0 heterocycles. The molecule has 1 aromatic carbocycles. The van der Waals surface area contributed by atoms with Gasteiger partial charge in [-0.15, -0.1) is 0 Å². The molecule has 0 aliphatic carbocycles. The van der Waals surface area contributed by atoms with Crippen molar-refractivity contribution in [3.05, 3.63) is 34.4 Å². The van der Waals surface area contributed by atoms with Crippen molar-refractivity contribution in [3.8, 4) is 5.75 Å². The number of nitrogens with zero attached hydrogens (tertiary/aromatic N) is 1. The molecule has 0 N–H and O–H groups in total. The molecule has 1 aromatic rings. The normalized spacial score (nSPS) is 11.4. The Morgan fingerprint density at radius 2 is 1.82 bits per heavy atom. The lowest BCUT2D eigenvalue weighted by atomic mass is 10.2. The molecule has 1 rings (SSSR count). The lowest BCUT2D eigenvalue weighted by molar-refractivity contribution is -0.384. The monoisotopic (exact) mass is 311 g/mol. The summed E-state index contributed by atoms with van der Waals surface area (Å²) in [4.78, 5) is 31.8. The minimum absolute atomic E-state index is 0.0278. The molecule has 1 atom stereocenters. The predicted molar refractivity (Wildman–Crippen MR) is 75.4 cm³/mol. The van der Waals surface area contributed by atoms with E-state index in [0.717, 1.165) is 0 Å². The molecule has 0 aromatic heterocycles. The van der Waals surface area contributed by atoms with E-state index in [9.17, 15) is 19.7 Å². The first-order chi connectivity index (χ1) is 10.4. The van der Waals surface area contributed by atoms with Gasteiger partial charge in [-0.25, -0.2) is 0 Å². The molecule has 0 saturated heterocycles. The fourth-order valence-electron chi connectivity index (χ4n) is 1.59. The number of benzene rings is 1. The average Bonchev–Trinajstić information content (AvgIpc) is 2.44. The Labute approximate surface area is 127 Å². The number of rotatable bonds is 8. The van der Waals surface area contributed by atoms with Gasteiger partial charge in [-0.2, -0.15) is 0 Å². The Balaban J connectivity index is 2.45. The van der Waals surface area contributed by atoms with Gasteiger partial charge in [0, 0.05) is 32.4 Å². The summed E-state index contributed by atoms with van der Waals surface area (Å²) in [5.41, 5.74) is -0.0278. The van der Waals surface area contributed by atoms with E-state index < -0.39 is 23.0 Å². The Morgan fingerprint density at radius 3 is 2.32 bits per heavy atom. The minimum Gasteiger partial charge on any atom is -0.493 e. The summed E-state index contributed by atoms with van der Waals surface area (Å²) in [6, 6.07) is 5.62. The van der Waals surface area contributed by atoms with E-state index in [1.54, 1.807) is 0 Å². The van der Waals surface area contributed by atoms with E-state index in [2.05, 4.69) is 0 Å². The molecule has 120 valence electrons. The molecule has 0 amide bonds. The maximum Gasteiger partial charge on any atom is 0.303 e. The Kier molecular flexibility index (Phi) is 6.81. The first-order valence-corrected chi connectivity index (χ1v) is 6.56. The number of nitro benzene ring substituents is 1. The highest BCUT2D eigenvalue weighted by atomic mass is 16.6. The number of non-ortho nitro benzene ring substituents is 1. The lowest BCUT2D eigenvalue weighted by Crippen LogP contribution is -2.25. The van der Waals surface area contributed by atoms with Gasteiger partial charge in [0.1, 0.15) is 18.5 Å². The fourth-order valence-corrected chi connectivity index (χ4v) is 1.59.